The maximum absolute atomic E-state index is 12.7. The third-order valence-corrected chi connectivity index (χ3v) is 6.20. The van der Waals surface area contributed by atoms with E-state index in [2.05, 4.69) is 14.2 Å². The fourth-order valence-electron chi connectivity index (χ4n) is 3.14. The molecule has 0 radical (unpaired) electrons. The van der Waals surface area contributed by atoms with Crippen molar-refractivity contribution in [2.75, 3.05) is 6.61 Å². The molecule has 1 N–H and O–H groups in total. The van der Waals surface area contributed by atoms with Crippen molar-refractivity contribution in [3.8, 4) is 5.75 Å². The standard InChI is InChI=1S/C21H20F5NO4S/c22-20(23)31-18-7-5-17-10-19(8-6-16(17)9-18)32(28,29)27-11-14-1-3-15(4-2-14)12-30-13-21(24,25)26/h1-5,7,9-10,20,27H,6,8,11-13H2. The maximum atomic E-state index is 12.7. The lowest BCUT2D eigenvalue weighted by atomic mass is 9.97. The number of alkyl halides is 5. The zero-order valence-electron chi connectivity index (χ0n) is 16.7. The minimum Gasteiger partial charge on any atom is -0.435 e. The van der Waals surface area contributed by atoms with Gasteiger partial charge in [-0.05, 0) is 53.3 Å². The van der Waals surface area contributed by atoms with Gasteiger partial charge in [0.15, 0.2) is 0 Å². The van der Waals surface area contributed by atoms with Gasteiger partial charge in [-0.3, -0.25) is 0 Å². The van der Waals surface area contributed by atoms with Gasteiger partial charge in [0.05, 0.1) is 11.5 Å². The molecule has 5 nitrogen and oxygen atoms in total. The highest BCUT2D eigenvalue weighted by Gasteiger charge is 2.27. The number of aryl methyl sites for hydroxylation is 1. The lowest BCUT2D eigenvalue weighted by Gasteiger charge is -2.18. The van der Waals surface area contributed by atoms with Gasteiger partial charge in [0.1, 0.15) is 12.4 Å². The molecule has 0 saturated carbocycles. The lowest BCUT2D eigenvalue weighted by Crippen LogP contribution is -2.25. The topological polar surface area (TPSA) is 64.6 Å². The van der Waals surface area contributed by atoms with E-state index in [4.69, 9.17) is 0 Å². The molecule has 2 aromatic carbocycles. The minimum absolute atomic E-state index is 0.00259. The van der Waals surface area contributed by atoms with Crippen LogP contribution in [0.25, 0.3) is 6.08 Å². The normalized spacial score (nSPS) is 14.2. The van der Waals surface area contributed by atoms with Gasteiger partial charge < -0.3 is 9.47 Å². The summed E-state index contributed by atoms with van der Waals surface area (Å²) in [6.45, 7) is -4.49. The van der Waals surface area contributed by atoms with Crippen LogP contribution in [0.1, 0.15) is 28.7 Å². The monoisotopic (exact) mass is 477 g/mol. The summed E-state index contributed by atoms with van der Waals surface area (Å²) in [5.41, 5.74) is 2.48. The number of allylic oxidation sites excluding steroid dienone is 1. The van der Waals surface area contributed by atoms with Crippen molar-refractivity contribution in [1.82, 2.24) is 4.72 Å². The first-order chi connectivity index (χ1) is 15.0. The van der Waals surface area contributed by atoms with Crippen LogP contribution in [0, 0.1) is 0 Å². The molecule has 0 atom stereocenters. The quantitative estimate of drug-likeness (QED) is 0.529. The lowest BCUT2D eigenvalue weighted by molar-refractivity contribution is -0.176. The molecule has 0 fully saturated rings. The number of hydrogen-bond donors (Lipinski definition) is 1. The molecule has 0 heterocycles. The highest BCUT2D eigenvalue weighted by Crippen LogP contribution is 2.30. The molecule has 11 heteroatoms. The zero-order valence-corrected chi connectivity index (χ0v) is 17.5. The van der Waals surface area contributed by atoms with E-state index in [0.717, 1.165) is 0 Å². The number of sulfonamides is 1. The number of rotatable bonds is 9. The summed E-state index contributed by atoms with van der Waals surface area (Å²) in [5, 5.41) is 0. The summed E-state index contributed by atoms with van der Waals surface area (Å²) in [7, 11) is -3.78. The zero-order chi connectivity index (χ0) is 23.4. The van der Waals surface area contributed by atoms with E-state index in [1.165, 1.54) is 24.3 Å². The Kier molecular flexibility index (Phi) is 7.52. The number of benzene rings is 2. The summed E-state index contributed by atoms with van der Waals surface area (Å²) >= 11 is 0. The first kappa shape index (κ1) is 24.1. The SMILES string of the molecule is O=S(=O)(NCc1ccc(COCC(F)(F)F)cc1)C1=Cc2ccc(OC(F)F)cc2CC1. The summed E-state index contributed by atoms with van der Waals surface area (Å²) in [5.74, 6) is 0.0174. The highest BCUT2D eigenvalue weighted by atomic mass is 32.2. The van der Waals surface area contributed by atoms with Crippen LogP contribution < -0.4 is 9.46 Å². The predicted octanol–water partition coefficient (Wildman–Crippen LogP) is 4.77. The molecule has 2 aromatic rings. The van der Waals surface area contributed by atoms with Crippen LogP contribution >= 0.6 is 0 Å². The van der Waals surface area contributed by atoms with Gasteiger partial charge in [0.25, 0.3) is 0 Å². The van der Waals surface area contributed by atoms with Crippen LogP contribution in [0.3, 0.4) is 0 Å². The summed E-state index contributed by atoms with van der Waals surface area (Å²) < 4.78 is 97.8. The smallest absolute Gasteiger partial charge is 0.411 e. The second-order valence-corrected chi connectivity index (χ2v) is 8.92. The molecule has 0 aliphatic heterocycles. The van der Waals surface area contributed by atoms with Crippen molar-refractivity contribution in [3.05, 3.63) is 69.6 Å². The van der Waals surface area contributed by atoms with E-state index in [-0.39, 0.29) is 30.2 Å². The first-order valence-corrected chi connectivity index (χ1v) is 11.0. The van der Waals surface area contributed by atoms with E-state index in [1.807, 2.05) is 0 Å². The molecular formula is C21H20F5NO4S. The van der Waals surface area contributed by atoms with Crippen LogP contribution in [-0.2, 0) is 34.3 Å². The number of ether oxygens (including phenoxy) is 2. The van der Waals surface area contributed by atoms with E-state index < -0.39 is 29.4 Å². The van der Waals surface area contributed by atoms with Crippen LogP contribution in [0.4, 0.5) is 22.0 Å². The van der Waals surface area contributed by atoms with Crippen molar-refractivity contribution < 1.29 is 39.8 Å². The Balaban J connectivity index is 1.59. The third-order valence-electron chi connectivity index (χ3n) is 4.67. The molecule has 0 saturated heterocycles. The van der Waals surface area contributed by atoms with Gasteiger partial charge >= 0.3 is 12.8 Å². The van der Waals surface area contributed by atoms with Crippen molar-refractivity contribution in [1.29, 1.82) is 0 Å². The molecule has 3 rings (SSSR count). The Hall–Kier alpha value is -2.50. The van der Waals surface area contributed by atoms with Crippen molar-refractivity contribution in [2.24, 2.45) is 0 Å². The fraction of sp³-hybridized carbons (Fsp3) is 0.333. The van der Waals surface area contributed by atoms with Crippen LogP contribution in [0.2, 0.25) is 0 Å². The second-order valence-electron chi connectivity index (χ2n) is 7.10. The Labute approximate surface area is 181 Å². The summed E-state index contributed by atoms with van der Waals surface area (Å²) in [4.78, 5) is 0.171. The Morgan fingerprint density at radius 1 is 1.00 bits per heavy atom. The minimum atomic E-state index is -4.39. The van der Waals surface area contributed by atoms with Gasteiger partial charge in [0, 0.05) is 6.54 Å². The molecule has 0 aromatic heterocycles. The van der Waals surface area contributed by atoms with Crippen molar-refractivity contribution >= 4 is 16.1 Å². The molecule has 0 unspecified atom stereocenters. The fourth-order valence-corrected chi connectivity index (χ4v) is 4.34. The number of nitrogens with one attached hydrogen (secondary N) is 1. The van der Waals surface area contributed by atoms with Gasteiger partial charge in [0.2, 0.25) is 10.0 Å². The molecule has 0 bridgehead atoms. The second kappa shape index (κ2) is 9.97. The average Bonchev–Trinajstić information content (AvgIpc) is 2.71. The highest BCUT2D eigenvalue weighted by molar-refractivity contribution is 7.93. The Morgan fingerprint density at radius 3 is 2.34 bits per heavy atom. The molecular weight excluding hydrogens is 457 g/mol. The number of halogens is 5. The largest absolute Gasteiger partial charge is 0.435 e. The number of fused-ring (bicyclic) bond motifs is 1. The molecule has 0 spiro atoms. The third kappa shape index (κ3) is 7.01. The Morgan fingerprint density at radius 2 is 1.69 bits per heavy atom. The van der Waals surface area contributed by atoms with E-state index in [1.54, 1.807) is 24.3 Å². The molecule has 1 aliphatic carbocycles. The van der Waals surface area contributed by atoms with Crippen LogP contribution in [0.15, 0.2) is 47.4 Å². The van der Waals surface area contributed by atoms with Gasteiger partial charge in [-0.1, -0.05) is 30.3 Å². The Bertz CT molecular complexity index is 1070. The van der Waals surface area contributed by atoms with E-state index in [9.17, 15) is 30.4 Å². The van der Waals surface area contributed by atoms with Gasteiger partial charge in [-0.25, -0.2) is 13.1 Å². The van der Waals surface area contributed by atoms with Crippen molar-refractivity contribution in [3.63, 3.8) is 0 Å². The van der Waals surface area contributed by atoms with E-state index >= 15 is 0 Å². The number of hydrogen-bond acceptors (Lipinski definition) is 4. The molecule has 0 amide bonds. The summed E-state index contributed by atoms with van der Waals surface area (Å²) in [6, 6.07) is 10.7. The van der Waals surface area contributed by atoms with Crippen molar-refractivity contribution in [2.45, 2.75) is 38.8 Å². The molecule has 32 heavy (non-hydrogen) atoms. The van der Waals surface area contributed by atoms with E-state index in [0.29, 0.717) is 28.7 Å². The predicted molar refractivity (Wildman–Crippen MR) is 107 cm³/mol. The maximum Gasteiger partial charge on any atom is 0.411 e. The van der Waals surface area contributed by atoms with Gasteiger partial charge in [-0.15, -0.1) is 0 Å². The average molecular weight is 477 g/mol. The molecule has 174 valence electrons. The molecule has 1 aliphatic rings. The summed E-state index contributed by atoms with van der Waals surface area (Å²) in [6.07, 6.45) is -2.34. The van der Waals surface area contributed by atoms with Crippen LogP contribution in [0.5, 0.6) is 5.75 Å². The van der Waals surface area contributed by atoms with Gasteiger partial charge in [-0.2, -0.15) is 22.0 Å². The first-order valence-electron chi connectivity index (χ1n) is 9.52. The van der Waals surface area contributed by atoms with Crippen LogP contribution in [-0.4, -0.2) is 27.8 Å².